The Morgan fingerprint density at radius 1 is 1.19 bits per heavy atom. The van der Waals surface area contributed by atoms with Gasteiger partial charge in [-0.1, -0.05) is 26.7 Å². The average Bonchev–Trinajstić information content (AvgIpc) is 2.79. The fraction of sp³-hybridized carbons (Fsp3) is 0.500. The van der Waals surface area contributed by atoms with Crippen molar-refractivity contribution in [2.75, 3.05) is 0 Å². The molecular formula is C18H26N2O. The molecule has 1 atom stereocenters. The smallest absolute Gasteiger partial charge is 0.251 e. The van der Waals surface area contributed by atoms with Gasteiger partial charge in [0.25, 0.3) is 5.91 Å². The van der Waals surface area contributed by atoms with E-state index in [2.05, 4.69) is 30.7 Å². The van der Waals surface area contributed by atoms with Crippen molar-refractivity contribution in [2.45, 2.75) is 46.1 Å². The molecule has 0 spiro atoms. The molecule has 0 radical (unpaired) electrons. The van der Waals surface area contributed by atoms with Crippen LogP contribution in [0.2, 0.25) is 0 Å². The Bertz CT molecular complexity index is 613. The monoisotopic (exact) mass is 286 g/mol. The van der Waals surface area contributed by atoms with Crippen molar-refractivity contribution in [3.8, 4) is 0 Å². The van der Waals surface area contributed by atoms with Crippen molar-refractivity contribution in [3.63, 3.8) is 0 Å². The number of nitrogens with one attached hydrogen (secondary N) is 1. The maximum Gasteiger partial charge on any atom is 0.251 e. The highest BCUT2D eigenvalue weighted by atomic mass is 16.1. The number of aromatic nitrogens is 1. The van der Waals surface area contributed by atoms with Crippen LogP contribution in [0.3, 0.4) is 0 Å². The van der Waals surface area contributed by atoms with Gasteiger partial charge in [0, 0.05) is 35.8 Å². The highest BCUT2D eigenvalue weighted by Gasteiger charge is 2.11. The zero-order valence-electron chi connectivity index (χ0n) is 13.5. The summed E-state index contributed by atoms with van der Waals surface area (Å²) in [6.07, 6.45) is 5.44. The molecule has 2 rings (SSSR count). The van der Waals surface area contributed by atoms with E-state index in [0.717, 1.165) is 35.2 Å². The number of nitrogens with zero attached hydrogens (tertiary/aromatic N) is 1. The Morgan fingerprint density at radius 2 is 1.95 bits per heavy atom. The molecule has 1 unspecified atom stereocenters. The van der Waals surface area contributed by atoms with Gasteiger partial charge in [0.05, 0.1) is 0 Å². The number of amides is 1. The Balaban J connectivity index is 1.95. The first kappa shape index (κ1) is 15.6. The Labute approximate surface area is 127 Å². The number of hydrogen-bond acceptors (Lipinski definition) is 1. The highest BCUT2D eigenvalue weighted by molar-refractivity contribution is 5.98. The first-order chi connectivity index (χ1) is 9.97. The molecule has 0 aliphatic heterocycles. The van der Waals surface area contributed by atoms with Crippen LogP contribution in [-0.4, -0.2) is 16.5 Å². The number of rotatable bonds is 6. The maximum atomic E-state index is 12.3. The van der Waals surface area contributed by atoms with Crippen molar-refractivity contribution in [1.29, 1.82) is 0 Å². The molecule has 0 saturated carbocycles. The second kappa shape index (κ2) is 6.79. The van der Waals surface area contributed by atoms with Crippen LogP contribution in [0.5, 0.6) is 0 Å². The van der Waals surface area contributed by atoms with Crippen LogP contribution in [0.4, 0.5) is 0 Å². The van der Waals surface area contributed by atoms with Crippen LogP contribution >= 0.6 is 0 Å². The summed E-state index contributed by atoms with van der Waals surface area (Å²) < 4.78 is 2.06. The van der Waals surface area contributed by atoms with Gasteiger partial charge in [0.15, 0.2) is 0 Å². The van der Waals surface area contributed by atoms with Gasteiger partial charge in [-0.15, -0.1) is 0 Å². The fourth-order valence-corrected chi connectivity index (χ4v) is 2.63. The van der Waals surface area contributed by atoms with E-state index < -0.39 is 0 Å². The second-order valence-corrected chi connectivity index (χ2v) is 6.40. The lowest BCUT2D eigenvalue weighted by molar-refractivity contribution is 0.0938. The predicted octanol–water partition coefficient (Wildman–Crippen LogP) is 4.12. The number of carbonyl (C=O) groups is 1. The normalized spacial score (nSPS) is 12.8. The minimum absolute atomic E-state index is 0.0257. The number of carbonyl (C=O) groups excluding carboxylic acids is 1. The van der Waals surface area contributed by atoms with Gasteiger partial charge in [0.1, 0.15) is 0 Å². The minimum Gasteiger partial charge on any atom is -0.351 e. The van der Waals surface area contributed by atoms with Gasteiger partial charge in [0.2, 0.25) is 0 Å². The van der Waals surface area contributed by atoms with Gasteiger partial charge < -0.3 is 9.88 Å². The molecule has 0 fully saturated rings. The first-order valence-electron chi connectivity index (χ1n) is 7.83. The predicted molar refractivity (Wildman–Crippen MR) is 88.5 cm³/mol. The van der Waals surface area contributed by atoms with Crippen molar-refractivity contribution < 1.29 is 4.79 Å². The lowest BCUT2D eigenvalue weighted by Crippen LogP contribution is -2.32. The van der Waals surface area contributed by atoms with Crippen LogP contribution in [-0.2, 0) is 7.05 Å². The topological polar surface area (TPSA) is 34.0 Å². The Hall–Kier alpha value is -1.77. The minimum atomic E-state index is 0.0257. The summed E-state index contributed by atoms with van der Waals surface area (Å²) in [5.41, 5.74) is 1.89. The summed E-state index contributed by atoms with van der Waals surface area (Å²) in [5, 5.41) is 4.20. The van der Waals surface area contributed by atoms with E-state index in [-0.39, 0.29) is 11.9 Å². The zero-order valence-corrected chi connectivity index (χ0v) is 13.5. The van der Waals surface area contributed by atoms with Crippen molar-refractivity contribution in [3.05, 3.63) is 36.0 Å². The molecule has 3 nitrogen and oxygen atoms in total. The molecule has 114 valence electrons. The largest absolute Gasteiger partial charge is 0.351 e. The molecule has 1 aromatic carbocycles. The van der Waals surface area contributed by atoms with E-state index in [1.165, 1.54) is 6.42 Å². The number of aryl methyl sites for hydroxylation is 1. The zero-order chi connectivity index (χ0) is 15.4. The van der Waals surface area contributed by atoms with E-state index in [0.29, 0.717) is 0 Å². The molecule has 0 saturated heterocycles. The maximum absolute atomic E-state index is 12.3. The van der Waals surface area contributed by atoms with Gasteiger partial charge in [-0.25, -0.2) is 0 Å². The molecule has 21 heavy (non-hydrogen) atoms. The summed E-state index contributed by atoms with van der Waals surface area (Å²) in [4.78, 5) is 12.3. The van der Waals surface area contributed by atoms with Crippen molar-refractivity contribution in [1.82, 2.24) is 9.88 Å². The van der Waals surface area contributed by atoms with E-state index in [4.69, 9.17) is 0 Å². The molecule has 1 amide bonds. The van der Waals surface area contributed by atoms with Gasteiger partial charge in [-0.2, -0.15) is 0 Å². The molecule has 1 N–H and O–H groups in total. The average molecular weight is 286 g/mol. The third kappa shape index (κ3) is 4.10. The molecule has 2 aromatic rings. The van der Waals surface area contributed by atoms with Gasteiger partial charge in [-0.05, 0) is 43.5 Å². The second-order valence-electron chi connectivity index (χ2n) is 6.40. The molecule has 3 heteroatoms. The third-order valence-electron chi connectivity index (χ3n) is 3.94. The highest BCUT2D eigenvalue weighted by Crippen LogP contribution is 2.17. The molecule has 0 aliphatic carbocycles. The first-order valence-corrected chi connectivity index (χ1v) is 7.83. The van der Waals surface area contributed by atoms with Crippen LogP contribution in [0.1, 0.15) is 50.4 Å². The lowest BCUT2D eigenvalue weighted by Gasteiger charge is -2.14. The van der Waals surface area contributed by atoms with Crippen LogP contribution in [0.15, 0.2) is 30.5 Å². The van der Waals surface area contributed by atoms with Crippen molar-refractivity contribution >= 4 is 16.8 Å². The quantitative estimate of drug-likeness (QED) is 0.851. The number of hydrogen-bond donors (Lipinski definition) is 1. The lowest BCUT2D eigenvalue weighted by atomic mass is 10.0. The van der Waals surface area contributed by atoms with Crippen molar-refractivity contribution in [2.24, 2.45) is 13.0 Å². The molecule has 0 bridgehead atoms. The number of fused-ring (bicyclic) bond motifs is 1. The van der Waals surface area contributed by atoms with Crippen LogP contribution in [0.25, 0.3) is 10.9 Å². The summed E-state index contributed by atoms with van der Waals surface area (Å²) in [6.45, 7) is 6.55. The SMILES string of the molecule is CC(C)CCCC(C)NC(=O)c1ccc2c(ccn2C)c1. The van der Waals surface area contributed by atoms with E-state index >= 15 is 0 Å². The summed E-state index contributed by atoms with van der Waals surface area (Å²) in [6, 6.07) is 8.14. The summed E-state index contributed by atoms with van der Waals surface area (Å²) >= 11 is 0. The standard InChI is InChI=1S/C18H26N2O/c1-13(2)6-5-7-14(3)19-18(21)16-8-9-17-15(12-16)10-11-20(17)4/h8-14H,5-7H2,1-4H3,(H,19,21). The molecule has 1 aromatic heterocycles. The summed E-state index contributed by atoms with van der Waals surface area (Å²) in [5.74, 6) is 0.756. The molecule has 1 heterocycles. The number of benzene rings is 1. The van der Waals surface area contributed by atoms with Crippen LogP contribution in [0, 0.1) is 5.92 Å². The Kier molecular flexibility index (Phi) is 5.05. The van der Waals surface area contributed by atoms with Gasteiger partial charge >= 0.3 is 0 Å². The Morgan fingerprint density at radius 3 is 2.67 bits per heavy atom. The molecule has 0 aliphatic rings. The van der Waals surface area contributed by atoms with E-state index in [1.807, 2.05) is 37.5 Å². The van der Waals surface area contributed by atoms with Crippen LogP contribution < -0.4 is 5.32 Å². The van der Waals surface area contributed by atoms with E-state index in [9.17, 15) is 4.79 Å². The third-order valence-corrected chi connectivity index (χ3v) is 3.94. The fourth-order valence-electron chi connectivity index (χ4n) is 2.63. The van der Waals surface area contributed by atoms with E-state index in [1.54, 1.807) is 0 Å². The molecular weight excluding hydrogens is 260 g/mol. The van der Waals surface area contributed by atoms with Gasteiger partial charge in [-0.3, -0.25) is 4.79 Å². The summed E-state index contributed by atoms with van der Waals surface area (Å²) in [7, 11) is 2.01.